The minimum atomic E-state index is -0.0699. The molecule has 7 heteroatoms. The fraction of sp³-hybridized carbons (Fsp3) is 0.611. The minimum absolute atomic E-state index is 0. The maximum Gasteiger partial charge on any atom is 0.229 e. The van der Waals surface area contributed by atoms with E-state index in [1.807, 2.05) is 24.3 Å². The van der Waals surface area contributed by atoms with Crippen LogP contribution in [-0.2, 0) is 4.79 Å². The Balaban J connectivity index is 0.00000182. The molecule has 0 spiro atoms. The van der Waals surface area contributed by atoms with Gasteiger partial charge in [0, 0.05) is 24.7 Å². The Kier molecular flexibility index (Phi) is 6.23. The molecule has 0 aliphatic carbocycles. The van der Waals surface area contributed by atoms with Crippen LogP contribution >= 0.6 is 24.0 Å². The van der Waals surface area contributed by atoms with E-state index < -0.39 is 0 Å². The van der Waals surface area contributed by atoms with Crippen molar-refractivity contribution >= 4 is 29.9 Å². The number of benzene rings is 1. The summed E-state index contributed by atoms with van der Waals surface area (Å²) < 4.78 is 0. The molecule has 0 saturated carbocycles. The number of fused-ring (bicyclic) bond motifs is 1. The van der Waals surface area contributed by atoms with Crippen molar-refractivity contribution in [2.24, 2.45) is 17.8 Å². The van der Waals surface area contributed by atoms with Gasteiger partial charge in [-0.2, -0.15) is 0 Å². The van der Waals surface area contributed by atoms with Gasteiger partial charge in [0.25, 0.3) is 0 Å². The lowest BCUT2D eigenvalue weighted by Gasteiger charge is -2.27. The van der Waals surface area contributed by atoms with E-state index in [0.717, 1.165) is 56.4 Å². The zero-order chi connectivity index (χ0) is 16.5. The van der Waals surface area contributed by atoms with Crippen molar-refractivity contribution < 1.29 is 4.79 Å². The Bertz CT molecular complexity index is 600. The highest BCUT2D eigenvalue weighted by Gasteiger charge is 2.38. The van der Waals surface area contributed by atoms with Gasteiger partial charge in [0.15, 0.2) is 0 Å². The Morgan fingerprint density at radius 1 is 1.12 bits per heavy atom. The smallest absolute Gasteiger partial charge is 0.229 e. The number of nitrogens with one attached hydrogen (secondary N) is 3. The van der Waals surface area contributed by atoms with Crippen LogP contribution in [0.4, 0.5) is 0 Å². The van der Waals surface area contributed by atoms with E-state index in [2.05, 4.69) is 21.1 Å². The molecule has 138 valence electrons. The van der Waals surface area contributed by atoms with Gasteiger partial charge in [-0.05, 0) is 55.5 Å². The molecule has 0 aromatic heterocycles. The van der Waals surface area contributed by atoms with E-state index in [4.69, 9.17) is 11.6 Å². The second-order valence-electron chi connectivity index (χ2n) is 7.25. The normalized spacial score (nSPS) is 32.0. The van der Waals surface area contributed by atoms with Gasteiger partial charge in [-0.15, -0.1) is 12.4 Å². The molecule has 0 radical (unpaired) electrons. The van der Waals surface area contributed by atoms with Crippen molar-refractivity contribution in [3.63, 3.8) is 0 Å². The Labute approximate surface area is 160 Å². The highest BCUT2D eigenvalue weighted by molar-refractivity contribution is 6.30. The summed E-state index contributed by atoms with van der Waals surface area (Å²) in [5, 5.41) is 4.20. The maximum absolute atomic E-state index is 13.1. The van der Waals surface area contributed by atoms with E-state index in [1.165, 1.54) is 0 Å². The van der Waals surface area contributed by atoms with Crippen LogP contribution in [0.25, 0.3) is 0 Å². The molecule has 3 aliphatic heterocycles. The molecule has 1 amide bonds. The molecule has 1 aromatic rings. The highest BCUT2D eigenvalue weighted by atomic mass is 35.5. The van der Waals surface area contributed by atoms with Crippen molar-refractivity contribution in [1.29, 1.82) is 0 Å². The average molecular weight is 385 g/mol. The molecule has 3 N–H and O–H groups in total. The Hall–Kier alpha value is -0.850. The molecule has 1 aromatic carbocycles. The average Bonchev–Trinajstić information content (AvgIpc) is 3.20. The number of amides is 1. The van der Waals surface area contributed by atoms with Crippen molar-refractivity contribution in [1.82, 2.24) is 21.1 Å². The second-order valence-corrected chi connectivity index (χ2v) is 7.68. The van der Waals surface area contributed by atoms with Gasteiger partial charge in [-0.25, -0.2) is 5.43 Å². The van der Waals surface area contributed by atoms with Gasteiger partial charge in [-0.3, -0.25) is 10.2 Å². The fourth-order valence-electron chi connectivity index (χ4n) is 4.42. The summed E-state index contributed by atoms with van der Waals surface area (Å²) in [6, 6.07) is 7.78. The first-order chi connectivity index (χ1) is 11.7. The van der Waals surface area contributed by atoms with Gasteiger partial charge in [0.05, 0.1) is 12.0 Å². The summed E-state index contributed by atoms with van der Waals surface area (Å²) in [6.45, 7) is 4.68. The first-order valence-corrected chi connectivity index (χ1v) is 9.33. The van der Waals surface area contributed by atoms with Crippen LogP contribution in [0.2, 0.25) is 5.02 Å². The van der Waals surface area contributed by atoms with Gasteiger partial charge in [0.2, 0.25) is 5.91 Å². The summed E-state index contributed by atoms with van der Waals surface area (Å²) in [5.41, 5.74) is 7.50. The Morgan fingerprint density at radius 3 is 2.52 bits per heavy atom. The monoisotopic (exact) mass is 384 g/mol. The standard InChI is InChI=1S/C18H25ClN4O.ClH/c19-15-3-1-2-12(8-15)17-16(11-21-22-17)18(24)23-6-4-13-9-20-10-14(13)5-7-23;/h1-3,8,13-14,16-17,20-22H,4-7,9-11H2;1H/t13-,14+,16?,17?;. The van der Waals surface area contributed by atoms with Gasteiger partial charge in [-0.1, -0.05) is 23.7 Å². The Morgan fingerprint density at radius 2 is 1.84 bits per heavy atom. The molecule has 0 bridgehead atoms. The van der Waals surface area contributed by atoms with Gasteiger partial charge in [0.1, 0.15) is 0 Å². The van der Waals surface area contributed by atoms with Crippen LogP contribution in [0, 0.1) is 17.8 Å². The molecule has 3 fully saturated rings. The lowest BCUT2D eigenvalue weighted by molar-refractivity contribution is -0.135. The van der Waals surface area contributed by atoms with Crippen molar-refractivity contribution in [2.45, 2.75) is 18.9 Å². The van der Waals surface area contributed by atoms with Crippen LogP contribution in [0.3, 0.4) is 0 Å². The van der Waals surface area contributed by atoms with E-state index in [1.54, 1.807) is 0 Å². The molecule has 3 saturated heterocycles. The second kappa shape index (κ2) is 8.23. The number of carbonyl (C=O) groups excluding carboxylic acids is 1. The number of hydrogen-bond acceptors (Lipinski definition) is 4. The van der Waals surface area contributed by atoms with E-state index >= 15 is 0 Å². The number of likely N-dealkylation sites (tertiary alicyclic amines) is 1. The summed E-state index contributed by atoms with van der Waals surface area (Å²) in [6.07, 6.45) is 2.25. The largest absolute Gasteiger partial charge is 0.342 e. The van der Waals surface area contributed by atoms with Crippen molar-refractivity contribution in [3.8, 4) is 0 Å². The first-order valence-electron chi connectivity index (χ1n) is 8.96. The number of hydrazine groups is 1. The number of nitrogens with zero attached hydrogens (tertiary/aromatic N) is 1. The number of hydrogen-bond donors (Lipinski definition) is 3. The molecule has 3 aliphatic rings. The quantitative estimate of drug-likeness (QED) is 0.729. The van der Waals surface area contributed by atoms with Crippen molar-refractivity contribution in [2.75, 3.05) is 32.7 Å². The lowest BCUT2D eigenvalue weighted by Crippen LogP contribution is -2.40. The van der Waals surface area contributed by atoms with Gasteiger partial charge < -0.3 is 10.2 Å². The summed E-state index contributed by atoms with van der Waals surface area (Å²) in [5.74, 6) is 1.68. The predicted octanol–water partition coefficient (Wildman–Crippen LogP) is 1.98. The molecule has 2 unspecified atom stereocenters. The molecular weight excluding hydrogens is 359 g/mol. The third-order valence-electron chi connectivity index (χ3n) is 5.84. The van der Waals surface area contributed by atoms with Crippen LogP contribution in [-0.4, -0.2) is 43.5 Å². The number of carbonyl (C=O) groups is 1. The number of halogens is 2. The summed E-state index contributed by atoms with van der Waals surface area (Å²) >= 11 is 6.13. The molecule has 5 nitrogen and oxygen atoms in total. The van der Waals surface area contributed by atoms with Gasteiger partial charge >= 0.3 is 0 Å². The molecule has 25 heavy (non-hydrogen) atoms. The maximum atomic E-state index is 13.1. The topological polar surface area (TPSA) is 56.4 Å². The van der Waals surface area contributed by atoms with Crippen LogP contribution in [0.1, 0.15) is 24.4 Å². The van der Waals surface area contributed by atoms with Crippen LogP contribution < -0.4 is 16.2 Å². The zero-order valence-corrected chi connectivity index (χ0v) is 15.8. The fourth-order valence-corrected chi connectivity index (χ4v) is 4.61. The van der Waals surface area contributed by atoms with Crippen LogP contribution in [0.5, 0.6) is 0 Å². The SMILES string of the molecule is Cl.O=C(C1CNNC1c1cccc(Cl)c1)N1CC[C@@H]2CNC[C@@H]2CC1. The first kappa shape index (κ1) is 18.9. The summed E-state index contributed by atoms with van der Waals surface area (Å²) in [4.78, 5) is 15.2. The summed E-state index contributed by atoms with van der Waals surface area (Å²) in [7, 11) is 0. The van der Waals surface area contributed by atoms with Crippen molar-refractivity contribution in [3.05, 3.63) is 34.9 Å². The molecule has 3 heterocycles. The molecule has 4 rings (SSSR count). The highest BCUT2D eigenvalue weighted by Crippen LogP contribution is 2.31. The molecular formula is C18H26Cl2N4O. The number of rotatable bonds is 2. The van der Waals surface area contributed by atoms with Crippen LogP contribution in [0.15, 0.2) is 24.3 Å². The molecule has 4 atom stereocenters. The van der Waals surface area contributed by atoms with E-state index in [0.29, 0.717) is 11.6 Å². The van der Waals surface area contributed by atoms with E-state index in [-0.39, 0.29) is 30.3 Å². The van der Waals surface area contributed by atoms with E-state index in [9.17, 15) is 4.79 Å². The third-order valence-corrected chi connectivity index (χ3v) is 6.07. The predicted molar refractivity (Wildman–Crippen MR) is 102 cm³/mol. The zero-order valence-electron chi connectivity index (χ0n) is 14.2. The minimum Gasteiger partial charge on any atom is -0.342 e. The lowest BCUT2D eigenvalue weighted by atomic mass is 9.92. The third kappa shape index (κ3) is 3.96.